The highest BCUT2D eigenvalue weighted by molar-refractivity contribution is 8.00. The molecular weight excluding hydrogens is 601 g/mol. The molecule has 1 fully saturated rings. The summed E-state index contributed by atoms with van der Waals surface area (Å²) in [5.41, 5.74) is 1.53. The van der Waals surface area contributed by atoms with E-state index in [1.807, 2.05) is 26.0 Å². The van der Waals surface area contributed by atoms with E-state index in [0.29, 0.717) is 45.4 Å². The monoisotopic (exact) mass is 625 g/mol. The van der Waals surface area contributed by atoms with Gasteiger partial charge in [-0.2, -0.15) is 0 Å². The average Bonchev–Trinajstić information content (AvgIpc) is 3.56. The van der Waals surface area contributed by atoms with Crippen LogP contribution in [0.4, 0.5) is 9.52 Å². The van der Waals surface area contributed by atoms with Crippen molar-refractivity contribution < 1.29 is 28.6 Å². The summed E-state index contributed by atoms with van der Waals surface area (Å²) in [6.45, 7) is 4.43. The number of carbonyl (C=O) groups is 2. The lowest BCUT2D eigenvalue weighted by Crippen LogP contribution is -2.29. The highest BCUT2D eigenvalue weighted by Gasteiger charge is 2.48. The molecule has 0 radical (unpaired) electrons. The van der Waals surface area contributed by atoms with Gasteiger partial charge in [0.05, 0.1) is 24.8 Å². The van der Waals surface area contributed by atoms with E-state index in [4.69, 9.17) is 21.1 Å². The SMILES string of the molecule is CCOc1ccc(C2/C(=C(\O)c3ccc(F)cc3)C(=O)C(=O)N2c2nnc(SCc3ccc(Cl)cc3)s2)cc1OCC. The Bertz CT molecular complexity index is 1640. The standard InChI is InChI=1S/C30H25ClFN3O5S2/c1-3-39-22-14-9-19(15-23(22)40-4-2)25-24(26(36)18-7-12-21(32)13-8-18)27(37)28(38)35(25)29-33-34-30(42-29)41-16-17-5-10-20(31)11-6-17/h5-15,25,36H,3-4,16H2,1-2H3/b26-24+. The first-order valence-electron chi connectivity index (χ1n) is 13.0. The Kier molecular flexibility index (Phi) is 9.10. The maximum Gasteiger partial charge on any atom is 0.301 e. The number of anilines is 1. The van der Waals surface area contributed by atoms with E-state index in [1.165, 1.54) is 40.9 Å². The predicted molar refractivity (Wildman–Crippen MR) is 161 cm³/mol. The largest absolute Gasteiger partial charge is 0.507 e. The molecule has 1 aliphatic heterocycles. The van der Waals surface area contributed by atoms with Gasteiger partial charge in [0.2, 0.25) is 5.13 Å². The minimum atomic E-state index is -1.06. The van der Waals surface area contributed by atoms with Crippen molar-refractivity contribution in [2.24, 2.45) is 0 Å². The van der Waals surface area contributed by atoms with Gasteiger partial charge in [-0.1, -0.05) is 52.9 Å². The molecule has 1 saturated heterocycles. The number of nitrogens with zero attached hydrogens (tertiary/aromatic N) is 3. The maximum absolute atomic E-state index is 13.6. The van der Waals surface area contributed by atoms with Gasteiger partial charge in [-0.25, -0.2) is 4.39 Å². The third-order valence-electron chi connectivity index (χ3n) is 6.32. The molecule has 3 aromatic carbocycles. The molecule has 4 aromatic rings. The molecule has 1 aliphatic rings. The van der Waals surface area contributed by atoms with Gasteiger partial charge in [-0.15, -0.1) is 10.2 Å². The molecule has 8 nitrogen and oxygen atoms in total. The molecule has 42 heavy (non-hydrogen) atoms. The number of hydrogen-bond acceptors (Lipinski definition) is 9. The van der Waals surface area contributed by atoms with Gasteiger partial charge in [0.15, 0.2) is 15.8 Å². The molecule has 12 heteroatoms. The van der Waals surface area contributed by atoms with Crippen molar-refractivity contribution in [3.05, 3.63) is 99.8 Å². The fourth-order valence-electron chi connectivity index (χ4n) is 4.43. The van der Waals surface area contributed by atoms with E-state index in [1.54, 1.807) is 30.3 Å². The molecule has 0 spiro atoms. The number of ether oxygens (including phenoxy) is 2. The van der Waals surface area contributed by atoms with Gasteiger partial charge in [0.25, 0.3) is 5.78 Å². The summed E-state index contributed by atoms with van der Waals surface area (Å²) in [6.07, 6.45) is 0. The summed E-state index contributed by atoms with van der Waals surface area (Å²) in [6, 6.07) is 16.4. The molecule has 5 rings (SSSR count). The first kappa shape index (κ1) is 29.6. The third kappa shape index (κ3) is 6.13. The van der Waals surface area contributed by atoms with Gasteiger partial charge < -0.3 is 14.6 Å². The molecule has 216 valence electrons. The van der Waals surface area contributed by atoms with Crippen LogP contribution in [0.2, 0.25) is 5.02 Å². The number of aliphatic hydroxyl groups excluding tert-OH is 1. The topological polar surface area (TPSA) is 102 Å². The molecule has 1 N–H and O–H groups in total. The Balaban J connectivity index is 1.57. The fourth-order valence-corrected chi connectivity index (χ4v) is 6.38. The van der Waals surface area contributed by atoms with Crippen LogP contribution in [0.25, 0.3) is 5.76 Å². The maximum atomic E-state index is 13.6. The Hall–Kier alpha value is -3.93. The summed E-state index contributed by atoms with van der Waals surface area (Å²) in [4.78, 5) is 28.2. The van der Waals surface area contributed by atoms with Crippen molar-refractivity contribution in [3.8, 4) is 11.5 Å². The molecule has 0 aliphatic carbocycles. The van der Waals surface area contributed by atoms with E-state index in [0.717, 1.165) is 16.9 Å². The smallest absolute Gasteiger partial charge is 0.301 e. The zero-order valence-corrected chi connectivity index (χ0v) is 24.9. The lowest BCUT2D eigenvalue weighted by Gasteiger charge is -2.23. The van der Waals surface area contributed by atoms with Crippen LogP contribution in [-0.4, -0.2) is 40.2 Å². The quantitative estimate of drug-likeness (QED) is 0.0658. The molecular formula is C30H25ClFN3O5S2. The number of aromatic nitrogens is 2. The lowest BCUT2D eigenvalue weighted by molar-refractivity contribution is -0.132. The van der Waals surface area contributed by atoms with Crippen LogP contribution >= 0.6 is 34.7 Å². The highest BCUT2D eigenvalue weighted by atomic mass is 35.5. The molecule has 1 atom stereocenters. The Labute approximate surface area is 254 Å². The van der Waals surface area contributed by atoms with Crippen LogP contribution in [0.5, 0.6) is 11.5 Å². The fraction of sp³-hybridized carbons (Fsp3) is 0.200. The van der Waals surface area contributed by atoms with Crippen LogP contribution < -0.4 is 14.4 Å². The summed E-state index contributed by atoms with van der Waals surface area (Å²) >= 11 is 8.56. The van der Waals surface area contributed by atoms with Crippen molar-refractivity contribution >= 4 is 57.3 Å². The second-order valence-electron chi connectivity index (χ2n) is 9.01. The van der Waals surface area contributed by atoms with Crippen molar-refractivity contribution in [1.29, 1.82) is 0 Å². The number of aliphatic hydroxyl groups is 1. The molecule has 0 bridgehead atoms. The first-order valence-corrected chi connectivity index (χ1v) is 15.2. The first-order chi connectivity index (χ1) is 20.3. The summed E-state index contributed by atoms with van der Waals surface area (Å²) in [5.74, 6) is -1.21. The van der Waals surface area contributed by atoms with Gasteiger partial charge in [-0.05, 0) is 73.5 Å². The van der Waals surface area contributed by atoms with Gasteiger partial charge in [-0.3, -0.25) is 14.5 Å². The van der Waals surface area contributed by atoms with E-state index in [-0.39, 0.29) is 16.3 Å². The Morgan fingerprint density at radius 3 is 2.38 bits per heavy atom. The predicted octanol–water partition coefficient (Wildman–Crippen LogP) is 7.05. The number of carbonyl (C=O) groups excluding carboxylic acids is 2. The summed E-state index contributed by atoms with van der Waals surface area (Å²) < 4.78 is 25.7. The van der Waals surface area contributed by atoms with Crippen LogP contribution in [0.1, 0.15) is 36.6 Å². The Morgan fingerprint density at radius 1 is 1.00 bits per heavy atom. The van der Waals surface area contributed by atoms with Crippen molar-refractivity contribution in [1.82, 2.24) is 10.2 Å². The minimum absolute atomic E-state index is 0.163. The second kappa shape index (κ2) is 12.9. The molecule has 1 amide bonds. The van der Waals surface area contributed by atoms with E-state index >= 15 is 0 Å². The second-order valence-corrected chi connectivity index (χ2v) is 11.6. The number of ketones is 1. The lowest BCUT2D eigenvalue weighted by atomic mass is 9.95. The van der Waals surface area contributed by atoms with E-state index < -0.39 is 29.3 Å². The Morgan fingerprint density at radius 2 is 1.69 bits per heavy atom. The number of thioether (sulfide) groups is 1. The van der Waals surface area contributed by atoms with Crippen molar-refractivity contribution in [2.45, 2.75) is 30.0 Å². The number of rotatable bonds is 10. The van der Waals surface area contributed by atoms with Gasteiger partial charge in [0.1, 0.15) is 11.6 Å². The number of benzene rings is 3. The van der Waals surface area contributed by atoms with E-state index in [9.17, 15) is 19.1 Å². The van der Waals surface area contributed by atoms with Crippen LogP contribution in [0, 0.1) is 5.82 Å². The third-order valence-corrected chi connectivity index (χ3v) is 8.70. The van der Waals surface area contributed by atoms with Crippen LogP contribution in [0.15, 0.2) is 76.6 Å². The number of halogens is 2. The van der Waals surface area contributed by atoms with Crippen LogP contribution in [0.3, 0.4) is 0 Å². The van der Waals surface area contributed by atoms with Crippen molar-refractivity contribution in [3.63, 3.8) is 0 Å². The average molecular weight is 626 g/mol. The molecule has 0 saturated carbocycles. The summed E-state index contributed by atoms with van der Waals surface area (Å²) in [5, 5.41) is 20.6. The van der Waals surface area contributed by atoms with Gasteiger partial charge >= 0.3 is 5.91 Å². The highest BCUT2D eigenvalue weighted by Crippen LogP contribution is 2.45. The molecule has 2 heterocycles. The van der Waals surface area contributed by atoms with Crippen molar-refractivity contribution in [2.75, 3.05) is 18.1 Å². The number of Topliss-reactive ketones (excluding diaryl/α,β-unsaturated/α-hetero) is 1. The summed E-state index contributed by atoms with van der Waals surface area (Å²) in [7, 11) is 0. The molecule has 1 aromatic heterocycles. The minimum Gasteiger partial charge on any atom is -0.507 e. The normalized spacial score (nSPS) is 16.2. The van der Waals surface area contributed by atoms with E-state index in [2.05, 4.69) is 10.2 Å². The zero-order chi connectivity index (χ0) is 29.8. The number of hydrogen-bond donors (Lipinski definition) is 1. The molecule has 1 unspecified atom stereocenters. The zero-order valence-electron chi connectivity index (χ0n) is 22.5. The van der Waals surface area contributed by atoms with Crippen LogP contribution in [-0.2, 0) is 15.3 Å². The van der Waals surface area contributed by atoms with Gasteiger partial charge in [0, 0.05) is 16.3 Å². The number of amides is 1.